The van der Waals surface area contributed by atoms with Crippen molar-refractivity contribution in [1.82, 2.24) is 0 Å². The van der Waals surface area contributed by atoms with Gasteiger partial charge in [0.2, 0.25) is 0 Å². The van der Waals surface area contributed by atoms with Gasteiger partial charge in [0.25, 0.3) is 0 Å². The number of rotatable bonds is 16. The minimum Gasteiger partial charge on any atom is -0.478 e. The van der Waals surface area contributed by atoms with E-state index >= 15 is 0 Å². The van der Waals surface area contributed by atoms with Gasteiger partial charge in [0.15, 0.2) is 0 Å². The van der Waals surface area contributed by atoms with Crippen LogP contribution >= 0.6 is 0 Å². The van der Waals surface area contributed by atoms with Gasteiger partial charge < -0.3 is 10.2 Å². The van der Waals surface area contributed by atoms with Crippen LogP contribution in [-0.2, 0) is 0 Å². The molecule has 0 aromatic heterocycles. The van der Waals surface area contributed by atoms with E-state index in [9.17, 15) is 19.8 Å². The minimum absolute atomic E-state index is 0.169. The van der Waals surface area contributed by atoms with Crippen LogP contribution in [0.25, 0.3) is 22.3 Å². The van der Waals surface area contributed by atoms with Crippen molar-refractivity contribution in [3.63, 3.8) is 0 Å². The smallest absolute Gasteiger partial charge is 0.335 e. The summed E-state index contributed by atoms with van der Waals surface area (Å²) in [4.78, 5) is 23.7. The molecule has 0 saturated carbocycles. The van der Waals surface area contributed by atoms with E-state index in [1.807, 2.05) is 18.2 Å². The molecule has 3 aromatic rings. The van der Waals surface area contributed by atoms with Crippen molar-refractivity contribution < 1.29 is 19.8 Å². The molecule has 2 N–H and O–H groups in total. The predicted octanol–water partition coefficient (Wildman–Crippen LogP) is 10.6. The summed E-state index contributed by atoms with van der Waals surface area (Å²) in [7, 11) is 0. The Kier molecular flexibility index (Phi) is 12.0. The molecule has 0 fully saturated rings. The monoisotopic (exact) mass is 542 g/mol. The van der Waals surface area contributed by atoms with E-state index in [4.69, 9.17) is 0 Å². The van der Waals surface area contributed by atoms with Crippen LogP contribution in [0.5, 0.6) is 0 Å². The first-order valence-corrected chi connectivity index (χ1v) is 15.1. The lowest BCUT2D eigenvalue weighted by molar-refractivity contribution is 0.0685. The number of carbonyl (C=O) groups is 2. The summed E-state index contributed by atoms with van der Waals surface area (Å²) in [5, 5.41) is 19.4. The van der Waals surface area contributed by atoms with Gasteiger partial charge in [-0.15, -0.1) is 0 Å². The van der Waals surface area contributed by atoms with Crippen molar-refractivity contribution in [2.45, 2.75) is 104 Å². The molecule has 4 heteroatoms. The van der Waals surface area contributed by atoms with Gasteiger partial charge in [-0.25, -0.2) is 9.59 Å². The van der Waals surface area contributed by atoms with Gasteiger partial charge in [-0.2, -0.15) is 0 Å². The van der Waals surface area contributed by atoms with Crippen LogP contribution in [0.1, 0.15) is 136 Å². The second-order valence-electron chi connectivity index (χ2n) is 11.3. The third kappa shape index (κ3) is 8.06. The van der Waals surface area contributed by atoms with Crippen molar-refractivity contribution in [3.8, 4) is 22.3 Å². The summed E-state index contributed by atoms with van der Waals surface area (Å²) >= 11 is 0. The zero-order valence-electron chi connectivity index (χ0n) is 24.7. The lowest BCUT2D eigenvalue weighted by atomic mass is 9.78. The normalized spacial score (nSPS) is 12.7. The summed E-state index contributed by atoms with van der Waals surface area (Å²) in [6.07, 6.45) is 11.5. The molecule has 0 radical (unpaired) electrons. The topological polar surface area (TPSA) is 74.6 Å². The van der Waals surface area contributed by atoms with Gasteiger partial charge in [0.05, 0.1) is 11.1 Å². The summed E-state index contributed by atoms with van der Waals surface area (Å²) in [6, 6.07) is 19.1. The lowest BCUT2D eigenvalue weighted by Crippen LogP contribution is -2.13. The average Bonchev–Trinajstić information content (AvgIpc) is 2.96. The molecule has 214 valence electrons. The zero-order valence-corrected chi connectivity index (χ0v) is 24.7. The maximum Gasteiger partial charge on any atom is 0.335 e. The molecular formula is C36H46O4. The molecule has 3 aromatic carbocycles. The second kappa shape index (κ2) is 15.4. The van der Waals surface area contributed by atoms with Gasteiger partial charge in [-0.05, 0) is 76.3 Å². The van der Waals surface area contributed by atoms with E-state index in [2.05, 4.69) is 52.0 Å². The van der Waals surface area contributed by atoms with E-state index in [0.29, 0.717) is 5.56 Å². The van der Waals surface area contributed by atoms with Crippen molar-refractivity contribution in [2.24, 2.45) is 0 Å². The number of hydrogen-bond donors (Lipinski definition) is 2. The zero-order chi connectivity index (χ0) is 29.1. The van der Waals surface area contributed by atoms with Crippen molar-refractivity contribution >= 4 is 11.9 Å². The highest BCUT2D eigenvalue weighted by Gasteiger charge is 2.25. The fraction of sp³-hybridized carbons (Fsp3) is 0.444. The van der Waals surface area contributed by atoms with Crippen LogP contribution in [-0.4, -0.2) is 22.2 Å². The predicted molar refractivity (Wildman–Crippen MR) is 166 cm³/mol. The summed E-state index contributed by atoms with van der Waals surface area (Å²) in [5.74, 6) is -1.36. The molecule has 4 nitrogen and oxygen atoms in total. The lowest BCUT2D eigenvalue weighted by Gasteiger charge is -2.26. The highest BCUT2D eigenvalue weighted by molar-refractivity contribution is 5.92. The van der Waals surface area contributed by atoms with Gasteiger partial charge >= 0.3 is 11.9 Å². The van der Waals surface area contributed by atoms with Gasteiger partial charge in [-0.3, -0.25) is 0 Å². The van der Waals surface area contributed by atoms with E-state index < -0.39 is 11.9 Å². The molecule has 0 aliphatic heterocycles. The molecule has 0 spiro atoms. The SMILES string of the molecule is CCCCCC[C@H](C)c1c(C(=O)O)ccc(-c2ccc(-c3ccc(C(=O)O)cc3)cc2)c1[C@@H](C)CCCCCC. The Balaban J connectivity index is 2.04. The quantitative estimate of drug-likeness (QED) is 0.177. The Morgan fingerprint density at radius 1 is 0.575 bits per heavy atom. The highest BCUT2D eigenvalue weighted by Crippen LogP contribution is 2.41. The number of unbranched alkanes of at least 4 members (excludes halogenated alkanes) is 6. The number of hydrogen-bond acceptors (Lipinski definition) is 2. The maximum atomic E-state index is 12.5. The van der Waals surface area contributed by atoms with E-state index in [-0.39, 0.29) is 17.4 Å². The van der Waals surface area contributed by atoms with Crippen LogP contribution in [0.4, 0.5) is 0 Å². The van der Waals surface area contributed by atoms with Crippen molar-refractivity contribution in [1.29, 1.82) is 0 Å². The molecule has 0 heterocycles. The van der Waals surface area contributed by atoms with Crippen LogP contribution in [0, 0.1) is 0 Å². The minimum atomic E-state index is -0.932. The summed E-state index contributed by atoms with van der Waals surface area (Å²) in [5.41, 5.74) is 7.10. The standard InChI is InChI=1S/C36H46O4/c1-5-7-9-11-13-25(3)33-31(23-24-32(36(39)40)34(33)26(4)14-12-10-8-6-2)29-19-15-27(16-20-29)28-17-21-30(22-18-28)35(37)38/h15-26H,5-14H2,1-4H3,(H,37,38)(H,39,40)/t25-,26-/m0/s1. The molecule has 0 aliphatic carbocycles. The summed E-state index contributed by atoms with van der Waals surface area (Å²) < 4.78 is 0. The third-order valence-electron chi connectivity index (χ3n) is 8.15. The van der Waals surface area contributed by atoms with Gasteiger partial charge in [-0.1, -0.05) is 122 Å². The molecule has 0 aliphatic rings. The van der Waals surface area contributed by atoms with Crippen LogP contribution in [0.2, 0.25) is 0 Å². The summed E-state index contributed by atoms with van der Waals surface area (Å²) in [6.45, 7) is 8.90. The van der Waals surface area contributed by atoms with Gasteiger partial charge in [0.1, 0.15) is 0 Å². The highest BCUT2D eigenvalue weighted by atomic mass is 16.4. The Morgan fingerprint density at radius 2 is 1.05 bits per heavy atom. The molecule has 0 saturated heterocycles. The van der Waals surface area contributed by atoms with E-state index in [1.165, 1.54) is 44.1 Å². The van der Waals surface area contributed by atoms with Crippen molar-refractivity contribution in [3.05, 3.63) is 82.9 Å². The van der Waals surface area contributed by atoms with E-state index in [1.54, 1.807) is 18.2 Å². The Labute approximate surface area is 240 Å². The second-order valence-corrected chi connectivity index (χ2v) is 11.3. The van der Waals surface area contributed by atoms with E-state index in [0.717, 1.165) is 53.5 Å². The molecular weight excluding hydrogens is 496 g/mol. The van der Waals surface area contributed by atoms with Crippen LogP contribution in [0.15, 0.2) is 60.7 Å². The first kappa shape index (κ1) is 31.1. The molecule has 40 heavy (non-hydrogen) atoms. The Hall–Kier alpha value is -3.40. The number of aromatic carboxylic acids is 2. The third-order valence-corrected chi connectivity index (χ3v) is 8.15. The Morgan fingerprint density at radius 3 is 1.52 bits per heavy atom. The molecule has 3 rings (SSSR count). The number of benzene rings is 3. The number of carboxylic acid groups (broad SMARTS) is 2. The first-order chi connectivity index (χ1) is 19.3. The fourth-order valence-corrected chi connectivity index (χ4v) is 5.83. The average molecular weight is 543 g/mol. The first-order valence-electron chi connectivity index (χ1n) is 15.1. The number of carboxylic acids is 2. The fourth-order valence-electron chi connectivity index (χ4n) is 5.83. The van der Waals surface area contributed by atoms with Gasteiger partial charge in [0, 0.05) is 0 Å². The molecule has 2 atom stereocenters. The molecule has 0 amide bonds. The van der Waals surface area contributed by atoms with Crippen LogP contribution in [0.3, 0.4) is 0 Å². The van der Waals surface area contributed by atoms with Crippen LogP contribution < -0.4 is 0 Å². The maximum absolute atomic E-state index is 12.5. The van der Waals surface area contributed by atoms with Crippen molar-refractivity contribution in [2.75, 3.05) is 0 Å². The molecule has 0 bridgehead atoms. The Bertz CT molecular complexity index is 1240. The molecule has 0 unspecified atom stereocenters. The largest absolute Gasteiger partial charge is 0.478 e.